The summed E-state index contributed by atoms with van der Waals surface area (Å²) in [6.07, 6.45) is 0.529. The van der Waals surface area contributed by atoms with Gasteiger partial charge in [-0.25, -0.2) is 8.42 Å². The summed E-state index contributed by atoms with van der Waals surface area (Å²) in [5.74, 6) is -0.125. The topological polar surface area (TPSA) is 102 Å². The van der Waals surface area contributed by atoms with Crippen LogP contribution in [0.25, 0.3) is 0 Å². The van der Waals surface area contributed by atoms with Crippen molar-refractivity contribution in [2.75, 3.05) is 33.3 Å². The first-order valence-electron chi connectivity index (χ1n) is 7.97. The average molecular weight is 414 g/mol. The molecule has 0 radical (unpaired) electrons. The summed E-state index contributed by atoms with van der Waals surface area (Å²) in [5, 5.41) is 2.80. The Morgan fingerprint density at radius 2 is 2.00 bits per heavy atom. The van der Waals surface area contributed by atoms with E-state index in [1.54, 1.807) is 12.1 Å². The highest BCUT2D eigenvalue weighted by atomic mass is 35.5. The number of methoxy groups -OCH3 is 1. The number of carbonyl (C=O) groups excluding carboxylic acids is 1. The van der Waals surface area contributed by atoms with Crippen LogP contribution in [0, 0.1) is 0 Å². The summed E-state index contributed by atoms with van der Waals surface area (Å²) in [6.45, 7) is 5.28. The van der Waals surface area contributed by atoms with E-state index in [4.69, 9.17) is 10.5 Å². The minimum Gasteiger partial charge on any atom is -0.380 e. The quantitative estimate of drug-likeness (QED) is 0.568. The van der Waals surface area contributed by atoms with Crippen LogP contribution in [0.4, 0.5) is 0 Å². The molecule has 0 aliphatic carbocycles. The van der Waals surface area contributed by atoms with Gasteiger partial charge in [0, 0.05) is 38.2 Å². The van der Waals surface area contributed by atoms with E-state index in [1.807, 2.05) is 13.8 Å². The van der Waals surface area contributed by atoms with Crippen molar-refractivity contribution in [3.8, 4) is 0 Å². The molecule has 1 unspecified atom stereocenters. The number of hydrogen-bond donors (Lipinski definition) is 2. The van der Waals surface area contributed by atoms with E-state index in [2.05, 4.69) is 5.32 Å². The summed E-state index contributed by atoms with van der Waals surface area (Å²) in [7, 11) is -1.89. The maximum Gasteiger partial charge on any atom is 0.252 e. The maximum absolute atomic E-state index is 12.4. The molecule has 1 atom stereocenters. The van der Waals surface area contributed by atoms with Crippen LogP contribution in [0.2, 0.25) is 0 Å². The Morgan fingerprint density at radius 1 is 1.36 bits per heavy atom. The largest absolute Gasteiger partial charge is 0.380 e. The number of rotatable bonds is 11. The Hall–Kier alpha value is -0.710. The second kappa shape index (κ2) is 11.8. The first-order valence-corrected chi connectivity index (χ1v) is 10.2. The third kappa shape index (κ3) is 7.20. The molecule has 146 valence electrons. The van der Waals surface area contributed by atoms with Crippen LogP contribution in [-0.2, 0) is 26.0 Å². The molecular formula is C15H28ClN3O4S2. The molecule has 0 aromatic carbocycles. The zero-order valence-corrected chi connectivity index (χ0v) is 17.3. The predicted molar refractivity (Wildman–Crippen MR) is 103 cm³/mol. The number of ether oxygens (including phenoxy) is 1. The van der Waals surface area contributed by atoms with Gasteiger partial charge in [-0.05, 0) is 18.6 Å². The van der Waals surface area contributed by atoms with Crippen molar-refractivity contribution < 1.29 is 17.9 Å². The second-order valence-electron chi connectivity index (χ2n) is 5.21. The fraction of sp³-hybridized carbons (Fsp3) is 0.667. The maximum atomic E-state index is 12.4. The molecule has 10 heteroatoms. The number of nitrogens with zero attached hydrogens (tertiary/aromatic N) is 1. The van der Waals surface area contributed by atoms with Crippen molar-refractivity contribution in [1.29, 1.82) is 0 Å². The molecule has 0 bridgehead atoms. The molecule has 7 nitrogen and oxygen atoms in total. The molecule has 0 fully saturated rings. The van der Waals surface area contributed by atoms with Crippen LogP contribution in [-0.4, -0.2) is 58.0 Å². The standard InChI is InChI=1S/C15H27N3O4S2.ClH/c1-4-18(5-2)24(20,21)15-7-6-13(23-15)8-9-17-14(19)10-12(11-16)22-3;/h6-7,12H,4-5,8-11,16H2,1-3H3,(H,17,19);1H. The molecular weight excluding hydrogens is 386 g/mol. The first kappa shape index (κ1) is 24.3. The molecule has 25 heavy (non-hydrogen) atoms. The van der Waals surface area contributed by atoms with Crippen molar-refractivity contribution in [1.82, 2.24) is 9.62 Å². The highest BCUT2D eigenvalue weighted by molar-refractivity contribution is 7.91. The zero-order valence-electron chi connectivity index (χ0n) is 14.9. The van der Waals surface area contributed by atoms with E-state index in [0.29, 0.717) is 36.8 Å². The van der Waals surface area contributed by atoms with Crippen molar-refractivity contribution in [3.63, 3.8) is 0 Å². The number of carbonyl (C=O) groups is 1. The van der Waals surface area contributed by atoms with Crippen LogP contribution < -0.4 is 11.1 Å². The number of hydrogen-bond acceptors (Lipinski definition) is 6. The third-order valence-electron chi connectivity index (χ3n) is 3.64. The lowest BCUT2D eigenvalue weighted by molar-refractivity contribution is -0.123. The minimum atomic E-state index is -3.41. The smallest absolute Gasteiger partial charge is 0.252 e. The van der Waals surface area contributed by atoms with E-state index in [0.717, 1.165) is 4.88 Å². The lowest BCUT2D eigenvalue weighted by Gasteiger charge is -2.16. The van der Waals surface area contributed by atoms with E-state index < -0.39 is 10.0 Å². The summed E-state index contributed by atoms with van der Waals surface area (Å²) in [6, 6.07) is 3.43. The lowest BCUT2D eigenvalue weighted by Crippen LogP contribution is -2.33. The highest BCUT2D eigenvalue weighted by Gasteiger charge is 2.23. The van der Waals surface area contributed by atoms with Gasteiger partial charge < -0.3 is 15.8 Å². The van der Waals surface area contributed by atoms with Gasteiger partial charge in [0.15, 0.2) is 0 Å². The number of amides is 1. The average Bonchev–Trinajstić information content (AvgIpc) is 3.03. The van der Waals surface area contributed by atoms with E-state index >= 15 is 0 Å². The van der Waals surface area contributed by atoms with Gasteiger partial charge in [0.25, 0.3) is 10.0 Å². The van der Waals surface area contributed by atoms with E-state index in [9.17, 15) is 13.2 Å². The molecule has 0 aliphatic rings. The fourth-order valence-corrected chi connectivity index (χ4v) is 5.16. The van der Waals surface area contributed by atoms with Crippen LogP contribution >= 0.6 is 23.7 Å². The molecule has 3 N–H and O–H groups in total. The van der Waals surface area contributed by atoms with Crippen LogP contribution in [0.5, 0.6) is 0 Å². The summed E-state index contributed by atoms with van der Waals surface area (Å²) in [5.41, 5.74) is 5.48. The molecule has 0 spiro atoms. The van der Waals surface area contributed by atoms with Gasteiger partial charge in [0.1, 0.15) is 4.21 Å². The van der Waals surface area contributed by atoms with Gasteiger partial charge in [-0.3, -0.25) is 4.79 Å². The Morgan fingerprint density at radius 3 is 2.52 bits per heavy atom. The zero-order chi connectivity index (χ0) is 18.2. The number of sulfonamides is 1. The van der Waals surface area contributed by atoms with Gasteiger partial charge in [0.2, 0.25) is 5.91 Å². The summed E-state index contributed by atoms with van der Waals surface area (Å²) in [4.78, 5) is 12.7. The van der Waals surface area contributed by atoms with Crippen molar-refractivity contribution in [2.45, 2.75) is 37.0 Å². The highest BCUT2D eigenvalue weighted by Crippen LogP contribution is 2.25. The van der Waals surface area contributed by atoms with Crippen LogP contribution in [0.1, 0.15) is 25.1 Å². The number of halogens is 1. The van der Waals surface area contributed by atoms with Crippen molar-refractivity contribution >= 4 is 39.7 Å². The molecule has 1 heterocycles. The number of nitrogens with two attached hydrogens (primary N) is 1. The minimum absolute atomic E-state index is 0. The summed E-state index contributed by atoms with van der Waals surface area (Å²) < 4.78 is 31.7. The lowest BCUT2D eigenvalue weighted by atomic mass is 10.2. The van der Waals surface area contributed by atoms with Gasteiger partial charge in [-0.15, -0.1) is 23.7 Å². The Balaban J connectivity index is 0.00000576. The molecule has 0 saturated carbocycles. The van der Waals surface area contributed by atoms with E-state index in [1.165, 1.54) is 22.8 Å². The Kier molecular flexibility index (Phi) is 11.5. The molecule has 0 aliphatic heterocycles. The third-order valence-corrected chi connectivity index (χ3v) is 7.30. The fourth-order valence-electron chi connectivity index (χ4n) is 2.19. The van der Waals surface area contributed by atoms with Gasteiger partial charge in [-0.2, -0.15) is 4.31 Å². The van der Waals surface area contributed by atoms with Gasteiger partial charge in [0.05, 0.1) is 12.5 Å². The SMILES string of the molecule is CCN(CC)S(=O)(=O)c1ccc(CCNC(=O)CC(CN)OC)s1.Cl. The van der Waals surface area contributed by atoms with Crippen molar-refractivity contribution in [2.24, 2.45) is 5.73 Å². The summed E-state index contributed by atoms with van der Waals surface area (Å²) >= 11 is 1.25. The molecule has 1 rings (SSSR count). The monoisotopic (exact) mass is 413 g/mol. The van der Waals surface area contributed by atoms with Crippen LogP contribution in [0.3, 0.4) is 0 Å². The van der Waals surface area contributed by atoms with Gasteiger partial charge >= 0.3 is 0 Å². The number of thiophene rings is 1. The number of nitrogens with one attached hydrogen (secondary N) is 1. The molecule has 0 saturated heterocycles. The molecule has 1 aromatic rings. The van der Waals surface area contributed by atoms with Crippen LogP contribution in [0.15, 0.2) is 16.3 Å². The van der Waals surface area contributed by atoms with E-state index in [-0.39, 0.29) is 30.8 Å². The molecule has 1 amide bonds. The normalized spacial score (nSPS) is 12.7. The first-order chi connectivity index (χ1) is 11.4. The predicted octanol–water partition coefficient (Wildman–Crippen LogP) is 1.22. The van der Waals surface area contributed by atoms with Crippen molar-refractivity contribution in [3.05, 3.63) is 17.0 Å². The molecule has 1 aromatic heterocycles. The second-order valence-corrected chi connectivity index (χ2v) is 8.54. The Labute approximate surface area is 160 Å². The van der Waals surface area contributed by atoms with Gasteiger partial charge in [-0.1, -0.05) is 13.8 Å². The Bertz CT molecular complexity index is 614.